The summed E-state index contributed by atoms with van der Waals surface area (Å²) in [4.78, 5) is 13.7. The summed E-state index contributed by atoms with van der Waals surface area (Å²) in [6.45, 7) is 2.88. The molecule has 2 aromatic rings. The molecule has 9 heteroatoms. The second-order valence-electron chi connectivity index (χ2n) is 8.46. The fraction of sp³-hybridized carbons (Fsp3) is 0.458. The molecule has 0 bridgehead atoms. The third-order valence-electron chi connectivity index (χ3n) is 6.29. The summed E-state index contributed by atoms with van der Waals surface area (Å²) < 4.78 is 55.5. The lowest BCUT2D eigenvalue weighted by molar-refractivity contribution is -0.137. The summed E-state index contributed by atoms with van der Waals surface area (Å²) in [6, 6.07) is 12.2. The van der Waals surface area contributed by atoms with Crippen LogP contribution in [0.5, 0.6) is 11.5 Å². The number of piperidine rings is 1. The van der Waals surface area contributed by atoms with Gasteiger partial charge in [0.15, 0.2) is 0 Å². The van der Waals surface area contributed by atoms with Crippen molar-refractivity contribution in [3.05, 3.63) is 59.7 Å². The highest BCUT2D eigenvalue weighted by molar-refractivity contribution is 5.70. The average Bonchev–Trinajstić information content (AvgIpc) is 3.17. The molecule has 0 radical (unpaired) electrons. The Morgan fingerprint density at radius 2 is 1.70 bits per heavy atom. The van der Waals surface area contributed by atoms with Crippen LogP contribution in [0.2, 0.25) is 0 Å². The molecule has 1 unspecified atom stereocenters. The van der Waals surface area contributed by atoms with Crippen molar-refractivity contribution in [3.8, 4) is 11.5 Å². The van der Waals surface area contributed by atoms with Gasteiger partial charge in [0.05, 0.1) is 19.2 Å². The van der Waals surface area contributed by atoms with Gasteiger partial charge in [-0.2, -0.15) is 13.2 Å². The molecule has 0 saturated carbocycles. The minimum absolute atomic E-state index is 0.338. The molecule has 1 amide bonds. The molecular formula is C24H27F3N2O4. The number of rotatable bonds is 7. The minimum Gasteiger partial charge on any atom is -0.497 e. The molecular weight excluding hydrogens is 437 g/mol. The lowest BCUT2D eigenvalue weighted by Crippen LogP contribution is -2.47. The highest BCUT2D eigenvalue weighted by atomic mass is 19.4. The van der Waals surface area contributed by atoms with E-state index >= 15 is 0 Å². The van der Waals surface area contributed by atoms with Gasteiger partial charge in [-0.3, -0.25) is 0 Å². The number of halogens is 3. The summed E-state index contributed by atoms with van der Waals surface area (Å²) >= 11 is 0. The number of nitrogens with one attached hydrogen (secondary N) is 1. The fourth-order valence-corrected chi connectivity index (χ4v) is 4.26. The van der Waals surface area contributed by atoms with E-state index in [1.54, 1.807) is 7.11 Å². The van der Waals surface area contributed by atoms with Crippen molar-refractivity contribution in [2.24, 2.45) is 0 Å². The Bertz CT molecular complexity index is 940. The molecule has 0 aromatic heterocycles. The lowest BCUT2D eigenvalue weighted by Gasteiger charge is -2.37. The summed E-state index contributed by atoms with van der Waals surface area (Å²) in [5, 5.41) is 2.74. The van der Waals surface area contributed by atoms with Gasteiger partial charge in [-0.15, -0.1) is 0 Å². The molecule has 178 valence electrons. The summed E-state index contributed by atoms with van der Waals surface area (Å²) in [5.74, 6) is 1.10. The Balaban J connectivity index is 1.41. The van der Waals surface area contributed by atoms with Crippen molar-refractivity contribution < 1.29 is 32.2 Å². The average molecular weight is 464 g/mol. The van der Waals surface area contributed by atoms with Crippen molar-refractivity contribution in [3.63, 3.8) is 0 Å². The van der Waals surface area contributed by atoms with Gasteiger partial charge >= 0.3 is 12.3 Å². The van der Waals surface area contributed by atoms with E-state index in [-0.39, 0.29) is 12.2 Å². The van der Waals surface area contributed by atoms with E-state index in [0.717, 1.165) is 50.2 Å². The van der Waals surface area contributed by atoms with Crippen molar-refractivity contribution in [1.82, 2.24) is 10.2 Å². The molecule has 1 atom stereocenters. The second-order valence-corrected chi connectivity index (χ2v) is 8.46. The van der Waals surface area contributed by atoms with Crippen molar-refractivity contribution in [2.45, 2.75) is 37.1 Å². The smallest absolute Gasteiger partial charge is 0.416 e. The number of hydrogen-bond acceptors (Lipinski definition) is 5. The first-order chi connectivity index (χ1) is 15.8. The number of hydrogen-bond donors (Lipinski definition) is 1. The molecule has 2 fully saturated rings. The Labute approximate surface area is 190 Å². The number of nitrogens with zero attached hydrogens (tertiary/aromatic N) is 1. The number of methoxy groups -OCH3 is 1. The monoisotopic (exact) mass is 464 g/mol. The number of likely N-dealkylation sites (tertiary alicyclic amines) is 1. The SMILES string of the molecule is COc1ccc(C(CCN2CCC3(CC2)CNC(=O)O3)Oc2ccc(C(F)(F)F)cc2)cc1. The number of alkyl halides is 3. The van der Waals surface area contributed by atoms with E-state index in [4.69, 9.17) is 14.2 Å². The van der Waals surface area contributed by atoms with Crippen LogP contribution in [0.1, 0.15) is 36.5 Å². The topological polar surface area (TPSA) is 60.0 Å². The van der Waals surface area contributed by atoms with Crippen LogP contribution >= 0.6 is 0 Å². The number of benzene rings is 2. The molecule has 33 heavy (non-hydrogen) atoms. The summed E-state index contributed by atoms with van der Waals surface area (Å²) in [6.07, 6.45) is -2.90. The van der Waals surface area contributed by atoms with Gasteiger partial charge in [-0.25, -0.2) is 4.79 Å². The quantitative estimate of drug-likeness (QED) is 0.638. The zero-order valence-electron chi connectivity index (χ0n) is 18.4. The molecule has 2 aromatic carbocycles. The van der Waals surface area contributed by atoms with Crippen LogP contribution in [0.4, 0.5) is 18.0 Å². The normalized spacial score (nSPS) is 19.1. The Hall–Kier alpha value is -2.94. The third kappa shape index (κ3) is 5.71. The maximum Gasteiger partial charge on any atom is 0.416 e. The molecule has 4 rings (SSSR count). The first kappa shape index (κ1) is 23.2. The highest BCUT2D eigenvalue weighted by Gasteiger charge is 2.42. The first-order valence-corrected chi connectivity index (χ1v) is 10.9. The van der Waals surface area contributed by atoms with Gasteiger partial charge in [0.1, 0.15) is 23.2 Å². The fourth-order valence-electron chi connectivity index (χ4n) is 4.26. The maximum atomic E-state index is 12.9. The second kappa shape index (κ2) is 9.51. The molecule has 1 spiro atoms. The molecule has 2 heterocycles. The van der Waals surface area contributed by atoms with Gasteiger partial charge in [0.25, 0.3) is 0 Å². The molecule has 2 aliphatic heterocycles. The minimum atomic E-state index is -4.39. The van der Waals surface area contributed by atoms with Crippen LogP contribution in [0.3, 0.4) is 0 Å². The number of ether oxygens (including phenoxy) is 3. The zero-order valence-corrected chi connectivity index (χ0v) is 18.4. The molecule has 2 aliphatic rings. The van der Waals surface area contributed by atoms with E-state index in [1.165, 1.54) is 12.1 Å². The van der Waals surface area contributed by atoms with Crippen LogP contribution in [-0.4, -0.2) is 49.9 Å². The largest absolute Gasteiger partial charge is 0.497 e. The molecule has 6 nitrogen and oxygen atoms in total. The summed E-state index contributed by atoms with van der Waals surface area (Å²) in [7, 11) is 1.59. The van der Waals surface area contributed by atoms with Gasteiger partial charge in [0.2, 0.25) is 0 Å². The predicted molar refractivity (Wildman–Crippen MR) is 115 cm³/mol. The highest BCUT2D eigenvalue weighted by Crippen LogP contribution is 2.33. The Morgan fingerprint density at radius 3 is 2.24 bits per heavy atom. The van der Waals surface area contributed by atoms with E-state index in [1.807, 2.05) is 24.3 Å². The van der Waals surface area contributed by atoms with Crippen LogP contribution in [0, 0.1) is 0 Å². The van der Waals surface area contributed by atoms with E-state index in [2.05, 4.69) is 10.2 Å². The number of alkyl carbamates (subject to hydrolysis) is 1. The van der Waals surface area contributed by atoms with Crippen LogP contribution in [0.15, 0.2) is 48.5 Å². The van der Waals surface area contributed by atoms with E-state index in [9.17, 15) is 18.0 Å². The zero-order chi connectivity index (χ0) is 23.5. The Kier molecular flexibility index (Phi) is 6.69. The number of amides is 1. The predicted octanol–water partition coefficient (Wildman–Crippen LogP) is 4.80. The summed E-state index contributed by atoms with van der Waals surface area (Å²) in [5.41, 5.74) is -0.196. The molecule has 1 N–H and O–H groups in total. The van der Waals surface area contributed by atoms with Gasteiger partial charge in [-0.05, 0) is 42.0 Å². The van der Waals surface area contributed by atoms with E-state index < -0.39 is 17.3 Å². The standard InChI is InChI=1S/C24H27F3N2O4/c1-31-19-6-2-17(3-7-19)21(32-20-8-4-18(5-9-20)24(25,26)27)10-13-29-14-11-23(12-15-29)16-28-22(30)33-23/h2-9,21H,10-16H2,1H3,(H,28,30). The van der Waals surface area contributed by atoms with Crippen molar-refractivity contribution in [1.29, 1.82) is 0 Å². The Morgan fingerprint density at radius 1 is 1.06 bits per heavy atom. The van der Waals surface area contributed by atoms with Crippen LogP contribution in [-0.2, 0) is 10.9 Å². The van der Waals surface area contributed by atoms with Crippen LogP contribution < -0.4 is 14.8 Å². The van der Waals surface area contributed by atoms with Crippen molar-refractivity contribution >= 4 is 6.09 Å². The molecule has 0 aliphatic carbocycles. The van der Waals surface area contributed by atoms with Crippen molar-refractivity contribution in [2.75, 3.05) is 33.3 Å². The lowest BCUT2D eigenvalue weighted by atomic mass is 9.91. The van der Waals surface area contributed by atoms with E-state index in [0.29, 0.717) is 24.5 Å². The number of carbonyl (C=O) groups is 1. The van der Waals surface area contributed by atoms with Crippen LogP contribution in [0.25, 0.3) is 0 Å². The van der Waals surface area contributed by atoms with Gasteiger partial charge < -0.3 is 24.4 Å². The first-order valence-electron chi connectivity index (χ1n) is 10.9. The third-order valence-corrected chi connectivity index (χ3v) is 6.29. The maximum absolute atomic E-state index is 12.9. The number of carbonyl (C=O) groups excluding carboxylic acids is 1. The van der Waals surface area contributed by atoms with Gasteiger partial charge in [-0.1, -0.05) is 12.1 Å². The molecule has 2 saturated heterocycles. The van der Waals surface area contributed by atoms with Gasteiger partial charge in [0, 0.05) is 38.9 Å².